The van der Waals surface area contributed by atoms with Crippen LogP contribution in [0.4, 0.5) is 0 Å². The van der Waals surface area contributed by atoms with Gasteiger partial charge in [0.25, 0.3) is 0 Å². The summed E-state index contributed by atoms with van der Waals surface area (Å²) in [5.41, 5.74) is 7.99. The molecule has 0 saturated carbocycles. The molecule has 10 aromatic rings. The van der Waals surface area contributed by atoms with Gasteiger partial charge in [-0.15, -0.1) is 22.7 Å². The topological polar surface area (TPSA) is 159 Å². The third kappa shape index (κ3) is 11.4. The number of esters is 2. The second-order valence-corrected chi connectivity index (χ2v) is 17.6. The lowest BCUT2D eigenvalue weighted by Gasteiger charge is -2.06. The monoisotopic (exact) mass is 954 g/mol. The van der Waals surface area contributed by atoms with Gasteiger partial charge in [-0.25, -0.2) is 9.97 Å². The number of ether oxygens (including phenoxy) is 4. The fraction of sp³-hybridized carbons (Fsp3) is 0.132. The van der Waals surface area contributed by atoms with Gasteiger partial charge in [-0.2, -0.15) is 10.2 Å². The van der Waals surface area contributed by atoms with Crippen molar-refractivity contribution in [1.82, 2.24) is 29.5 Å². The van der Waals surface area contributed by atoms with Crippen molar-refractivity contribution in [3.05, 3.63) is 203 Å². The van der Waals surface area contributed by atoms with Crippen molar-refractivity contribution in [2.24, 2.45) is 0 Å². The average Bonchev–Trinajstić information content (AvgIpc) is 4.25. The molecule has 0 atom stereocenters. The standard InChI is InChI=1S/C53H42N6O8S2/c60-48(64-30-40-28-58(56-50(40)46-13-7-23-68-46)26-36-15-19-44(20-16-36)62-32-42-34-66-52(54-42)38-9-3-1-4-10-38)25-49(61)65-31-41-29-59(57-51(41)47-14-8-24-69-47)27-37-17-21-45(22-18-37)63-33-43-35-67-53(55-43)39-11-5-2-6-12-39/h1-24,28-29,34-35H,25-27,30-33H2. The molecule has 344 valence electrons. The van der Waals surface area contributed by atoms with Crippen LogP contribution >= 0.6 is 22.7 Å². The lowest BCUT2D eigenvalue weighted by atomic mass is 10.2. The van der Waals surface area contributed by atoms with Crippen LogP contribution in [0.1, 0.15) is 40.1 Å². The molecule has 0 unspecified atom stereocenters. The van der Waals surface area contributed by atoms with Gasteiger partial charge in [0.2, 0.25) is 11.8 Å². The molecule has 10 rings (SSSR count). The maximum absolute atomic E-state index is 13.0. The molecule has 69 heavy (non-hydrogen) atoms. The van der Waals surface area contributed by atoms with E-state index in [1.54, 1.807) is 21.9 Å². The summed E-state index contributed by atoms with van der Waals surface area (Å²) in [5, 5.41) is 13.6. The van der Waals surface area contributed by atoms with Crippen LogP contribution in [0, 0.1) is 0 Å². The molecule has 0 aliphatic rings. The van der Waals surface area contributed by atoms with E-state index in [4.69, 9.17) is 38.0 Å². The van der Waals surface area contributed by atoms with Crippen molar-refractivity contribution in [1.29, 1.82) is 0 Å². The minimum atomic E-state index is -0.707. The first-order valence-corrected chi connectivity index (χ1v) is 23.6. The smallest absolute Gasteiger partial charge is 0.317 e. The van der Waals surface area contributed by atoms with Gasteiger partial charge < -0.3 is 27.8 Å². The second kappa shape index (κ2) is 21.1. The van der Waals surface area contributed by atoms with Gasteiger partial charge >= 0.3 is 11.9 Å². The molecule has 16 heteroatoms. The Morgan fingerprint density at radius 2 is 0.942 bits per heavy atom. The fourth-order valence-electron chi connectivity index (χ4n) is 7.32. The zero-order valence-corrected chi connectivity index (χ0v) is 38.5. The number of carbonyl (C=O) groups excluding carboxylic acids is 2. The first kappa shape index (κ1) is 44.5. The number of oxazole rings is 2. The summed E-state index contributed by atoms with van der Waals surface area (Å²) in [6.07, 6.45) is 6.36. The molecule has 0 fully saturated rings. The maximum atomic E-state index is 13.0. The summed E-state index contributed by atoms with van der Waals surface area (Å²) in [6.45, 7) is 1.33. The van der Waals surface area contributed by atoms with Crippen LogP contribution in [-0.2, 0) is 58.6 Å². The van der Waals surface area contributed by atoms with Gasteiger partial charge in [0.05, 0.1) is 22.8 Å². The quantitative estimate of drug-likeness (QED) is 0.0526. The van der Waals surface area contributed by atoms with Crippen molar-refractivity contribution in [2.45, 2.75) is 45.9 Å². The molecule has 0 aliphatic heterocycles. The number of nitrogens with zero attached hydrogens (tertiary/aromatic N) is 6. The van der Waals surface area contributed by atoms with Crippen LogP contribution in [0.5, 0.6) is 11.5 Å². The molecular formula is C53H42N6O8S2. The van der Waals surface area contributed by atoms with E-state index in [9.17, 15) is 9.59 Å². The first-order chi connectivity index (χ1) is 33.9. The summed E-state index contributed by atoms with van der Waals surface area (Å²) in [7, 11) is 0. The molecular weight excluding hydrogens is 913 g/mol. The molecule has 0 N–H and O–H groups in total. The predicted octanol–water partition coefficient (Wildman–Crippen LogP) is 11.3. The van der Waals surface area contributed by atoms with Gasteiger partial charge in [-0.1, -0.05) is 72.8 Å². The Bertz CT molecular complexity index is 3020. The Kier molecular flexibility index (Phi) is 13.6. The van der Waals surface area contributed by atoms with E-state index >= 15 is 0 Å². The normalized spacial score (nSPS) is 11.1. The zero-order chi connectivity index (χ0) is 46.8. The van der Waals surface area contributed by atoms with Crippen molar-refractivity contribution < 1.29 is 37.4 Å². The fourth-order valence-corrected chi connectivity index (χ4v) is 8.81. The summed E-state index contributed by atoms with van der Waals surface area (Å²) >= 11 is 3.07. The van der Waals surface area contributed by atoms with Gasteiger partial charge in [0.1, 0.15) is 79.6 Å². The van der Waals surface area contributed by atoms with Gasteiger partial charge in [-0.05, 0) is 82.6 Å². The molecule has 0 spiro atoms. The van der Waals surface area contributed by atoms with Crippen LogP contribution in [0.15, 0.2) is 178 Å². The minimum absolute atomic E-state index is 0.0697. The number of carbonyl (C=O) groups is 2. The second-order valence-electron chi connectivity index (χ2n) is 15.7. The first-order valence-electron chi connectivity index (χ1n) is 21.9. The summed E-state index contributed by atoms with van der Waals surface area (Å²) < 4.78 is 38.1. The Balaban J connectivity index is 0.709. The zero-order valence-electron chi connectivity index (χ0n) is 36.9. The lowest BCUT2D eigenvalue weighted by molar-refractivity contribution is -0.156. The molecule has 0 saturated heterocycles. The maximum Gasteiger partial charge on any atom is 0.317 e. The highest BCUT2D eigenvalue weighted by Crippen LogP contribution is 2.30. The third-order valence-corrected chi connectivity index (χ3v) is 12.5. The molecule has 6 aromatic heterocycles. The van der Waals surface area contributed by atoms with Crippen LogP contribution < -0.4 is 9.47 Å². The van der Waals surface area contributed by atoms with Crippen molar-refractivity contribution in [2.75, 3.05) is 0 Å². The summed E-state index contributed by atoms with van der Waals surface area (Å²) in [5.74, 6) is 1.06. The highest BCUT2D eigenvalue weighted by Gasteiger charge is 2.20. The Labute approximate surface area is 404 Å². The van der Waals surface area contributed by atoms with E-state index in [1.807, 2.05) is 157 Å². The number of rotatable bonds is 20. The Hall–Kier alpha value is -8.34. The van der Waals surface area contributed by atoms with E-state index < -0.39 is 18.4 Å². The highest BCUT2D eigenvalue weighted by atomic mass is 32.1. The highest BCUT2D eigenvalue weighted by molar-refractivity contribution is 7.13. The van der Waals surface area contributed by atoms with Crippen molar-refractivity contribution in [3.63, 3.8) is 0 Å². The van der Waals surface area contributed by atoms with E-state index in [0.29, 0.717) is 70.3 Å². The van der Waals surface area contributed by atoms with E-state index in [0.717, 1.165) is 32.0 Å². The van der Waals surface area contributed by atoms with Crippen LogP contribution in [0.2, 0.25) is 0 Å². The molecule has 0 bridgehead atoms. The van der Waals surface area contributed by atoms with E-state index in [1.165, 1.54) is 22.7 Å². The number of hydrogen-bond acceptors (Lipinski definition) is 14. The number of thiophene rings is 2. The van der Waals surface area contributed by atoms with E-state index in [-0.39, 0.29) is 26.4 Å². The molecule has 14 nitrogen and oxygen atoms in total. The summed E-state index contributed by atoms with van der Waals surface area (Å²) in [4.78, 5) is 37.0. The Morgan fingerprint density at radius 1 is 0.507 bits per heavy atom. The van der Waals surface area contributed by atoms with Crippen molar-refractivity contribution in [3.8, 4) is 55.5 Å². The largest absolute Gasteiger partial charge is 0.487 e. The molecule has 0 aliphatic carbocycles. The van der Waals surface area contributed by atoms with Crippen LogP contribution in [0.25, 0.3) is 44.1 Å². The number of aromatic nitrogens is 6. The minimum Gasteiger partial charge on any atom is -0.487 e. The number of benzene rings is 4. The van der Waals surface area contributed by atoms with Crippen LogP contribution in [-0.4, -0.2) is 41.5 Å². The third-order valence-electron chi connectivity index (χ3n) is 10.7. The van der Waals surface area contributed by atoms with Gasteiger partial charge in [0.15, 0.2) is 0 Å². The molecule has 0 radical (unpaired) electrons. The van der Waals surface area contributed by atoms with E-state index in [2.05, 4.69) is 9.97 Å². The predicted molar refractivity (Wildman–Crippen MR) is 259 cm³/mol. The molecule has 4 aromatic carbocycles. The summed E-state index contributed by atoms with van der Waals surface area (Å²) in [6, 6.07) is 42.7. The van der Waals surface area contributed by atoms with Crippen molar-refractivity contribution >= 4 is 34.6 Å². The molecule has 0 amide bonds. The number of hydrogen-bond donors (Lipinski definition) is 0. The van der Waals surface area contributed by atoms with Gasteiger partial charge in [0, 0.05) is 34.6 Å². The Morgan fingerprint density at radius 3 is 1.35 bits per heavy atom. The SMILES string of the molecule is O=C(CC(=O)OCc1cn(Cc2ccc(OCc3coc(-c4ccccc4)n3)cc2)nc1-c1cccs1)OCc1cn(Cc2ccc(OCc3coc(-c4ccccc4)n3)cc2)nc1-c1cccs1. The van der Waals surface area contributed by atoms with Gasteiger partial charge in [-0.3, -0.25) is 19.0 Å². The lowest BCUT2D eigenvalue weighted by Crippen LogP contribution is -2.14. The average molecular weight is 955 g/mol. The van der Waals surface area contributed by atoms with Crippen LogP contribution in [0.3, 0.4) is 0 Å². The molecule has 6 heterocycles.